The quantitative estimate of drug-likeness (QED) is 0.660. The lowest BCUT2D eigenvalue weighted by Crippen LogP contribution is -1.99. The highest BCUT2D eigenvalue weighted by Crippen LogP contribution is 2.29. The number of hydrogen-bond acceptors (Lipinski definition) is 2. The molecule has 1 heterocycles. The van der Waals surface area contributed by atoms with Gasteiger partial charge in [-0.3, -0.25) is 0 Å². The first kappa shape index (κ1) is 12.7. The summed E-state index contributed by atoms with van der Waals surface area (Å²) >= 11 is 5.44. The minimum atomic E-state index is 0.853. The number of anilines is 1. The topological polar surface area (TPSA) is 12.0 Å². The molecule has 0 spiro atoms. The monoisotopic (exact) mass is 331 g/mol. The van der Waals surface area contributed by atoms with Crippen LogP contribution in [0.3, 0.4) is 0 Å². The largest absolute Gasteiger partial charge is 0.380 e. The zero-order valence-corrected chi connectivity index (χ0v) is 13.0. The van der Waals surface area contributed by atoms with Gasteiger partial charge in [-0.2, -0.15) is 0 Å². The lowest BCUT2D eigenvalue weighted by Gasteiger charge is -2.09. The number of fused-ring (bicyclic) bond motifs is 1. The molecule has 0 saturated carbocycles. The Morgan fingerprint density at radius 2 is 1.95 bits per heavy atom. The molecular weight excluding hydrogens is 318 g/mol. The van der Waals surface area contributed by atoms with Crippen LogP contribution in [0, 0.1) is 6.92 Å². The van der Waals surface area contributed by atoms with Gasteiger partial charge in [0.25, 0.3) is 0 Å². The third-order valence-corrected chi connectivity index (χ3v) is 5.29. The summed E-state index contributed by atoms with van der Waals surface area (Å²) in [6, 6.07) is 14.8. The number of rotatable bonds is 3. The van der Waals surface area contributed by atoms with Crippen molar-refractivity contribution in [2.75, 3.05) is 5.32 Å². The first-order chi connectivity index (χ1) is 9.25. The summed E-state index contributed by atoms with van der Waals surface area (Å²) in [7, 11) is 0. The fourth-order valence-electron chi connectivity index (χ4n) is 2.14. The van der Waals surface area contributed by atoms with E-state index in [0.717, 1.165) is 16.7 Å². The second kappa shape index (κ2) is 5.35. The van der Waals surface area contributed by atoms with E-state index >= 15 is 0 Å². The first-order valence-corrected chi connectivity index (χ1v) is 7.87. The van der Waals surface area contributed by atoms with Crippen LogP contribution in [0.2, 0.25) is 0 Å². The van der Waals surface area contributed by atoms with Crippen molar-refractivity contribution >= 4 is 43.0 Å². The molecule has 0 saturated heterocycles. The summed E-state index contributed by atoms with van der Waals surface area (Å²) in [5.41, 5.74) is 3.75. The number of benzene rings is 2. The van der Waals surface area contributed by atoms with Crippen LogP contribution in [-0.2, 0) is 6.54 Å². The summed E-state index contributed by atoms with van der Waals surface area (Å²) in [4.78, 5) is 0. The Morgan fingerprint density at radius 3 is 2.84 bits per heavy atom. The Labute approximate surface area is 125 Å². The van der Waals surface area contributed by atoms with Gasteiger partial charge < -0.3 is 5.32 Å². The SMILES string of the molecule is Cc1cccc(NCc2csc3ccccc23)c1Br. The smallest absolute Gasteiger partial charge is 0.0490 e. The maximum atomic E-state index is 3.63. The van der Waals surface area contributed by atoms with E-state index in [-0.39, 0.29) is 0 Å². The van der Waals surface area contributed by atoms with E-state index in [0.29, 0.717) is 0 Å². The van der Waals surface area contributed by atoms with Crippen LogP contribution in [0.15, 0.2) is 52.3 Å². The molecule has 0 radical (unpaired) electrons. The zero-order chi connectivity index (χ0) is 13.2. The number of nitrogens with one attached hydrogen (secondary N) is 1. The number of aryl methyl sites for hydroxylation is 1. The summed E-state index contributed by atoms with van der Waals surface area (Å²) in [5.74, 6) is 0. The van der Waals surface area contributed by atoms with Gasteiger partial charge in [-0.15, -0.1) is 11.3 Å². The first-order valence-electron chi connectivity index (χ1n) is 6.20. The van der Waals surface area contributed by atoms with Gasteiger partial charge in [0.2, 0.25) is 0 Å². The molecular formula is C16H14BrNS. The van der Waals surface area contributed by atoms with Crippen molar-refractivity contribution in [2.45, 2.75) is 13.5 Å². The molecule has 3 aromatic rings. The Morgan fingerprint density at radius 1 is 1.11 bits per heavy atom. The van der Waals surface area contributed by atoms with Crippen molar-refractivity contribution in [3.05, 3.63) is 63.4 Å². The third-order valence-electron chi connectivity index (χ3n) is 3.22. The van der Waals surface area contributed by atoms with Gasteiger partial charge in [0.1, 0.15) is 0 Å². The highest BCUT2D eigenvalue weighted by atomic mass is 79.9. The average molecular weight is 332 g/mol. The van der Waals surface area contributed by atoms with E-state index in [2.05, 4.69) is 76.0 Å². The molecule has 3 rings (SSSR count). The molecule has 0 aliphatic carbocycles. The highest BCUT2D eigenvalue weighted by molar-refractivity contribution is 9.10. The van der Waals surface area contributed by atoms with E-state index in [9.17, 15) is 0 Å². The van der Waals surface area contributed by atoms with Gasteiger partial charge in [0, 0.05) is 21.4 Å². The standard InChI is InChI=1S/C16H14BrNS/c1-11-5-4-7-14(16(11)17)18-9-12-10-19-15-8-3-2-6-13(12)15/h2-8,10,18H,9H2,1H3. The number of hydrogen-bond donors (Lipinski definition) is 1. The molecule has 1 aromatic heterocycles. The molecule has 1 N–H and O–H groups in total. The predicted octanol–water partition coefficient (Wildman–Crippen LogP) is 5.58. The highest BCUT2D eigenvalue weighted by Gasteiger charge is 2.05. The maximum Gasteiger partial charge on any atom is 0.0490 e. The molecule has 19 heavy (non-hydrogen) atoms. The predicted molar refractivity (Wildman–Crippen MR) is 88.0 cm³/mol. The molecule has 1 nitrogen and oxygen atoms in total. The molecule has 0 unspecified atom stereocenters. The van der Waals surface area contributed by atoms with E-state index in [1.54, 1.807) is 11.3 Å². The van der Waals surface area contributed by atoms with Crippen molar-refractivity contribution in [2.24, 2.45) is 0 Å². The maximum absolute atomic E-state index is 3.63. The normalized spacial score (nSPS) is 10.8. The molecule has 0 aliphatic rings. The Hall–Kier alpha value is -1.32. The third kappa shape index (κ3) is 2.53. The Bertz CT molecular complexity index is 718. The minimum absolute atomic E-state index is 0.853. The van der Waals surface area contributed by atoms with E-state index in [1.165, 1.54) is 21.2 Å². The molecule has 2 aromatic carbocycles. The summed E-state index contributed by atoms with van der Waals surface area (Å²) in [5, 5.41) is 7.10. The van der Waals surface area contributed by atoms with Crippen LogP contribution in [0.1, 0.15) is 11.1 Å². The van der Waals surface area contributed by atoms with Crippen LogP contribution in [-0.4, -0.2) is 0 Å². The molecule has 0 aliphatic heterocycles. The fraction of sp³-hybridized carbons (Fsp3) is 0.125. The van der Waals surface area contributed by atoms with Crippen molar-refractivity contribution in [1.29, 1.82) is 0 Å². The van der Waals surface area contributed by atoms with Crippen molar-refractivity contribution in [3.8, 4) is 0 Å². The molecule has 0 bridgehead atoms. The van der Waals surface area contributed by atoms with Gasteiger partial charge in [-0.05, 0) is 56.9 Å². The lowest BCUT2D eigenvalue weighted by atomic mass is 10.1. The molecule has 0 fully saturated rings. The van der Waals surface area contributed by atoms with Crippen LogP contribution < -0.4 is 5.32 Å². The van der Waals surface area contributed by atoms with Crippen molar-refractivity contribution in [3.63, 3.8) is 0 Å². The molecule has 96 valence electrons. The van der Waals surface area contributed by atoms with Crippen molar-refractivity contribution < 1.29 is 0 Å². The summed E-state index contributed by atoms with van der Waals surface area (Å²) < 4.78 is 2.50. The van der Waals surface area contributed by atoms with E-state index < -0.39 is 0 Å². The number of halogens is 1. The van der Waals surface area contributed by atoms with Gasteiger partial charge in [-0.25, -0.2) is 0 Å². The lowest BCUT2D eigenvalue weighted by molar-refractivity contribution is 1.17. The average Bonchev–Trinajstić information content (AvgIpc) is 2.84. The zero-order valence-electron chi connectivity index (χ0n) is 10.6. The molecule has 0 atom stereocenters. The van der Waals surface area contributed by atoms with Crippen LogP contribution in [0.5, 0.6) is 0 Å². The summed E-state index contributed by atoms with van der Waals surface area (Å²) in [6.07, 6.45) is 0. The second-order valence-corrected chi connectivity index (χ2v) is 6.25. The van der Waals surface area contributed by atoms with Crippen molar-refractivity contribution in [1.82, 2.24) is 0 Å². The van der Waals surface area contributed by atoms with Gasteiger partial charge in [0.05, 0.1) is 0 Å². The summed E-state index contributed by atoms with van der Waals surface area (Å²) in [6.45, 7) is 2.96. The molecule has 0 amide bonds. The van der Waals surface area contributed by atoms with Crippen LogP contribution in [0.25, 0.3) is 10.1 Å². The van der Waals surface area contributed by atoms with Gasteiger partial charge >= 0.3 is 0 Å². The van der Waals surface area contributed by atoms with Crippen LogP contribution >= 0.6 is 27.3 Å². The van der Waals surface area contributed by atoms with E-state index in [4.69, 9.17) is 0 Å². The van der Waals surface area contributed by atoms with Gasteiger partial charge in [-0.1, -0.05) is 30.3 Å². The fourth-order valence-corrected chi connectivity index (χ4v) is 3.51. The van der Waals surface area contributed by atoms with Gasteiger partial charge in [0.15, 0.2) is 0 Å². The van der Waals surface area contributed by atoms with E-state index in [1.807, 2.05) is 0 Å². The van der Waals surface area contributed by atoms with Crippen LogP contribution in [0.4, 0.5) is 5.69 Å². The number of thiophene rings is 1. The minimum Gasteiger partial charge on any atom is -0.380 e. The Balaban J connectivity index is 1.84. The second-order valence-electron chi connectivity index (χ2n) is 4.55. The molecule has 3 heteroatoms. The Kier molecular flexibility index (Phi) is 3.58.